The minimum Gasteiger partial charge on any atom is -0.491 e. The highest BCUT2D eigenvalue weighted by atomic mass is 19.2. The molecule has 0 atom stereocenters. The Balaban J connectivity index is 1.42. The van der Waals surface area contributed by atoms with Crippen molar-refractivity contribution in [1.29, 1.82) is 0 Å². The van der Waals surface area contributed by atoms with Crippen molar-refractivity contribution in [2.24, 2.45) is 5.92 Å². The SMILES string of the molecule is CCOc1ccc(-c2ccc(OC(=O)C3CCC(c4ccc(C)c(F)c4F)CC3)c(F)c2)c(F)c1F. The predicted octanol–water partition coefficient (Wildman–Crippen LogP) is 7.64. The zero-order valence-corrected chi connectivity index (χ0v) is 19.8. The lowest BCUT2D eigenvalue weighted by molar-refractivity contribution is -0.140. The van der Waals surface area contributed by atoms with Gasteiger partial charge in [0, 0.05) is 5.56 Å². The maximum Gasteiger partial charge on any atom is 0.314 e. The van der Waals surface area contributed by atoms with Gasteiger partial charge in [-0.2, -0.15) is 4.39 Å². The normalized spacial score (nSPS) is 17.6. The van der Waals surface area contributed by atoms with Crippen LogP contribution in [-0.4, -0.2) is 12.6 Å². The lowest BCUT2D eigenvalue weighted by Gasteiger charge is -2.28. The summed E-state index contributed by atoms with van der Waals surface area (Å²) in [6.45, 7) is 3.29. The van der Waals surface area contributed by atoms with Crippen LogP contribution in [0.25, 0.3) is 11.1 Å². The zero-order chi connectivity index (χ0) is 26.0. The van der Waals surface area contributed by atoms with Crippen LogP contribution in [0.15, 0.2) is 42.5 Å². The summed E-state index contributed by atoms with van der Waals surface area (Å²) >= 11 is 0. The summed E-state index contributed by atoms with van der Waals surface area (Å²) in [6, 6.07) is 9.14. The molecule has 8 heteroatoms. The highest BCUT2D eigenvalue weighted by Gasteiger charge is 2.31. The summed E-state index contributed by atoms with van der Waals surface area (Å²) in [4.78, 5) is 12.6. The van der Waals surface area contributed by atoms with Gasteiger partial charge in [-0.25, -0.2) is 17.6 Å². The van der Waals surface area contributed by atoms with Crippen molar-refractivity contribution in [2.45, 2.75) is 45.4 Å². The molecule has 1 aliphatic carbocycles. The van der Waals surface area contributed by atoms with E-state index in [9.17, 15) is 26.7 Å². The second-order valence-corrected chi connectivity index (χ2v) is 8.89. The topological polar surface area (TPSA) is 35.5 Å². The maximum absolute atomic E-state index is 14.7. The fourth-order valence-electron chi connectivity index (χ4n) is 4.58. The van der Waals surface area contributed by atoms with Gasteiger partial charge in [0.1, 0.15) is 0 Å². The first kappa shape index (κ1) is 25.7. The first-order chi connectivity index (χ1) is 17.2. The Morgan fingerprint density at radius 1 is 0.833 bits per heavy atom. The molecule has 1 saturated carbocycles. The Bertz CT molecular complexity index is 1280. The summed E-state index contributed by atoms with van der Waals surface area (Å²) in [6.07, 6.45) is 1.69. The van der Waals surface area contributed by atoms with Crippen molar-refractivity contribution >= 4 is 5.97 Å². The smallest absolute Gasteiger partial charge is 0.314 e. The molecule has 190 valence electrons. The monoisotopic (exact) mass is 504 g/mol. The number of hydrogen-bond acceptors (Lipinski definition) is 3. The number of ether oxygens (including phenoxy) is 2. The third-order valence-corrected chi connectivity index (χ3v) is 6.61. The van der Waals surface area contributed by atoms with Crippen molar-refractivity contribution in [3.63, 3.8) is 0 Å². The molecule has 0 aliphatic heterocycles. The van der Waals surface area contributed by atoms with Gasteiger partial charge < -0.3 is 9.47 Å². The van der Waals surface area contributed by atoms with Gasteiger partial charge in [0.05, 0.1) is 12.5 Å². The molecule has 3 aromatic carbocycles. The molecule has 0 unspecified atom stereocenters. The van der Waals surface area contributed by atoms with E-state index in [1.54, 1.807) is 13.0 Å². The quantitative estimate of drug-likeness (QED) is 0.197. The summed E-state index contributed by atoms with van der Waals surface area (Å²) in [5.41, 5.74) is 0.437. The molecule has 0 aromatic heterocycles. The molecule has 0 bridgehead atoms. The van der Waals surface area contributed by atoms with Gasteiger partial charge in [0.25, 0.3) is 0 Å². The second kappa shape index (κ2) is 10.7. The van der Waals surface area contributed by atoms with Crippen molar-refractivity contribution in [3.05, 3.63) is 82.7 Å². The molecular weight excluding hydrogens is 479 g/mol. The lowest BCUT2D eigenvalue weighted by atomic mass is 9.78. The van der Waals surface area contributed by atoms with Crippen LogP contribution in [0.3, 0.4) is 0 Å². The summed E-state index contributed by atoms with van der Waals surface area (Å²) in [5, 5.41) is 0. The van der Waals surface area contributed by atoms with Crippen LogP contribution in [0.2, 0.25) is 0 Å². The van der Waals surface area contributed by atoms with Crippen molar-refractivity contribution in [2.75, 3.05) is 6.61 Å². The molecule has 1 fully saturated rings. The van der Waals surface area contributed by atoms with Crippen molar-refractivity contribution < 1.29 is 36.2 Å². The van der Waals surface area contributed by atoms with Gasteiger partial charge in [-0.15, -0.1) is 0 Å². The minimum atomic E-state index is -1.17. The van der Waals surface area contributed by atoms with E-state index in [4.69, 9.17) is 9.47 Å². The van der Waals surface area contributed by atoms with Gasteiger partial charge in [-0.1, -0.05) is 18.2 Å². The van der Waals surface area contributed by atoms with Crippen LogP contribution in [0, 0.1) is 41.9 Å². The largest absolute Gasteiger partial charge is 0.491 e. The highest BCUT2D eigenvalue weighted by molar-refractivity contribution is 5.76. The van der Waals surface area contributed by atoms with Crippen LogP contribution in [0.5, 0.6) is 11.5 Å². The fourth-order valence-corrected chi connectivity index (χ4v) is 4.58. The van der Waals surface area contributed by atoms with E-state index in [-0.39, 0.29) is 40.7 Å². The number of hydrogen-bond donors (Lipinski definition) is 0. The number of rotatable bonds is 6. The minimum absolute atomic E-state index is 0.0691. The van der Waals surface area contributed by atoms with Crippen LogP contribution in [0.4, 0.5) is 22.0 Å². The van der Waals surface area contributed by atoms with Gasteiger partial charge >= 0.3 is 5.97 Å². The lowest BCUT2D eigenvalue weighted by Crippen LogP contribution is -2.25. The number of carbonyl (C=O) groups excluding carboxylic acids is 1. The van der Waals surface area contributed by atoms with E-state index < -0.39 is 41.0 Å². The molecule has 0 N–H and O–H groups in total. The van der Waals surface area contributed by atoms with Gasteiger partial charge in [0.15, 0.2) is 34.8 Å². The van der Waals surface area contributed by atoms with E-state index in [1.165, 1.54) is 37.3 Å². The standard InChI is InChI=1S/C28H25F5O3/c1-3-35-23-13-11-20(26(32)27(23)33)18-9-12-22(21(29)14-18)36-28(34)17-7-5-16(6-8-17)19-10-4-15(2)24(30)25(19)31/h4,9-14,16-17H,3,5-8H2,1-2H3. The van der Waals surface area contributed by atoms with E-state index in [0.29, 0.717) is 31.2 Å². The molecule has 0 heterocycles. The molecule has 1 aliphatic rings. The number of aryl methyl sites for hydroxylation is 1. The Kier molecular flexibility index (Phi) is 7.62. The van der Waals surface area contributed by atoms with Crippen LogP contribution in [0.1, 0.15) is 49.7 Å². The first-order valence-electron chi connectivity index (χ1n) is 11.8. The van der Waals surface area contributed by atoms with Crippen molar-refractivity contribution in [3.8, 4) is 22.6 Å². The van der Waals surface area contributed by atoms with E-state index >= 15 is 0 Å². The van der Waals surface area contributed by atoms with Gasteiger partial charge in [0.2, 0.25) is 5.82 Å². The Morgan fingerprint density at radius 2 is 1.53 bits per heavy atom. The molecule has 0 spiro atoms. The van der Waals surface area contributed by atoms with Crippen molar-refractivity contribution in [1.82, 2.24) is 0 Å². The molecule has 36 heavy (non-hydrogen) atoms. The maximum atomic E-state index is 14.7. The summed E-state index contributed by atoms with van der Waals surface area (Å²) in [7, 11) is 0. The van der Waals surface area contributed by atoms with E-state index in [2.05, 4.69) is 0 Å². The van der Waals surface area contributed by atoms with E-state index in [0.717, 1.165) is 6.07 Å². The Labute approximate surface area is 205 Å². The molecular formula is C28H25F5O3. The average molecular weight is 504 g/mol. The highest BCUT2D eigenvalue weighted by Crippen LogP contribution is 2.39. The molecule has 4 rings (SSSR count). The Hall–Kier alpha value is -3.42. The summed E-state index contributed by atoms with van der Waals surface area (Å²) in [5.74, 6) is -6.90. The number of halogens is 5. The van der Waals surface area contributed by atoms with Crippen LogP contribution in [-0.2, 0) is 4.79 Å². The molecule has 3 nitrogen and oxygen atoms in total. The van der Waals surface area contributed by atoms with Crippen LogP contribution < -0.4 is 9.47 Å². The number of esters is 1. The molecule has 0 radical (unpaired) electrons. The second-order valence-electron chi connectivity index (χ2n) is 8.89. The van der Waals surface area contributed by atoms with Gasteiger partial charge in [-0.3, -0.25) is 4.79 Å². The third-order valence-electron chi connectivity index (χ3n) is 6.61. The summed E-state index contributed by atoms with van der Waals surface area (Å²) < 4.78 is 81.9. The zero-order valence-electron chi connectivity index (χ0n) is 19.8. The first-order valence-corrected chi connectivity index (χ1v) is 11.8. The molecule has 0 saturated heterocycles. The third kappa shape index (κ3) is 5.08. The number of benzene rings is 3. The Morgan fingerprint density at radius 3 is 2.19 bits per heavy atom. The van der Waals surface area contributed by atoms with E-state index in [1.807, 2.05) is 0 Å². The van der Waals surface area contributed by atoms with Gasteiger partial charge in [-0.05, 0) is 86.4 Å². The predicted molar refractivity (Wildman–Crippen MR) is 124 cm³/mol. The fraction of sp³-hybridized carbons (Fsp3) is 0.321. The average Bonchev–Trinajstić information content (AvgIpc) is 2.87. The molecule has 0 amide bonds. The number of carbonyl (C=O) groups is 1. The van der Waals surface area contributed by atoms with Crippen LogP contribution >= 0.6 is 0 Å². The molecule has 3 aromatic rings.